The van der Waals surface area contributed by atoms with Gasteiger partial charge in [-0.25, -0.2) is 0 Å². The molecule has 0 bridgehead atoms. The minimum atomic E-state index is -1.18. The number of rotatable bonds is 6. The van der Waals surface area contributed by atoms with Crippen LogP contribution >= 0.6 is 8.60 Å². The van der Waals surface area contributed by atoms with Crippen molar-refractivity contribution < 1.29 is 30.4 Å². The maximum Gasteiger partial charge on any atom is 0.333 e. The summed E-state index contributed by atoms with van der Waals surface area (Å²) in [6.45, 7) is 11.8. The summed E-state index contributed by atoms with van der Waals surface area (Å²) in [6, 6.07) is 0. The molecule has 0 aliphatic carbocycles. The van der Waals surface area contributed by atoms with E-state index in [1.165, 1.54) is 0 Å². The minimum absolute atomic E-state index is 0. The fourth-order valence-electron chi connectivity index (χ4n) is 0.591. The van der Waals surface area contributed by atoms with E-state index >= 15 is 0 Å². The zero-order valence-electron chi connectivity index (χ0n) is 9.74. The SMILES string of the molecule is CC(C)OP(OC(C)C)OC(C)C.[Co]. The molecule has 0 saturated carbocycles. The molecular formula is C9H21CoO3P. The third-order valence-corrected chi connectivity index (χ3v) is 2.67. The monoisotopic (exact) mass is 267 g/mol. The predicted octanol–water partition coefficient (Wildman–Crippen LogP) is 3.49. The average molecular weight is 267 g/mol. The van der Waals surface area contributed by atoms with Gasteiger partial charge in [-0.3, -0.25) is 0 Å². The molecule has 0 rings (SSSR count). The summed E-state index contributed by atoms with van der Waals surface area (Å²) in [4.78, 5) is 0. The Balaban J connectivity index is 0. The molecule has 0 aliphatic rings. The standard InChI is InChI=1S/C9H21O3P.Co/c1-7(2)10-13(11-8(3)4)12-9(5)6;/h7-9H,1-6H3;. The van der Waals surface area contributed by atoms with Crippen LogP contribution in [-0.4, -0.2) is 18.3 Å². The van der Waals surface area contributed by atoms with Gasteiger partial charge in [0, 0.05) is 16.8 Å². The molecule has 0 heterocycles. The smallest absolute Gasteiger partial charge is 0.309 e. The van der Waals surface area contributed by atoms with Crippen LogP contribution in [0.3, 0.4) is 0 Å². The van der Waals surface area contributed by atoms with Gasteiger partial charge in [0.05, 0.1) is 18.3 Å². The van der Waals surface area contributed by atoms with Crippen molar-refractivity contribution in [2.45, 2.75) is 59.9 Å². The van der Waals surface area contributed by atoms with E-state index in [2.05, 4.69) is 0 Å². The second kappa shape index (κ2) is 9.07. The van der Waals surface area contributed by atoms with Gasteiger partial charge in [-0.05, 0) is 41.5 Å². The molecule has 0 aliphatic heterocycles. The summed E-state index contributed by atoms with van der Waals surface area (Å²) < 4.78 is 16.5. The van der Waals surface area contributed by atoms with Crippen molar-refractivity contribution in [2.24, 2.45) is 0 Å². The number of hydrogen-bond acceptors (Lipinski definition) is 3. The predicted molar refractivity (Wildman–Crippen MR) is 55.6 cm³/mol. The van der Waals surface area contributed by atoms with Crippen molar-refractivity contribution in [3.8, 4) is 0 Å². The Kier molecular flexibility index (Phi) is 11.2. The minimum Gasteiger partial charge on any atom is -0.309 e. The van der Waals surface area contributed by atoms with Crippen molar-refractivity contribution in [3.63, 3.8) is 0 Å². The fraction of sp³-hybridized carbons (Fsp3) is 1.00. The Labute approximate surface area is 99.1 Å². The van der Waals surface area contributed by atoms with E-state index in [4.69, 9.17) is 13.6 Å². The van der Waals surface area contributed by atoms with E-state index in [9.17, 15) is 0 Å². The van der Waals surface area contributed by atoms with Gasteiger partial charge in [-0.15, -0.1) is 0 Å². The van der Waals surface area contributed by atoms with Crippen LogP contribution in [0.25, 0.3) is 0 Å². The van der Waals surface area contributed by atoms with Gasteiger partial charge in [0.2, 0.25) is 0 Å². The first-order valence-corrected chi connectivity index (χ1v) is 5.81. The van der Waals surface area contributed by atoms with E-state index in [-0.39, 0.29) is 35.1 Å². The van der Waals surface area contributed by atoms with Gasteiger partial charge >= 0.3 is 8.60 Å². The summed E-state index contributed by atoms with van der Waals surface area (Å²) in [5, 5.41) is 0. The topological polar surface area (TPSA) is 27.7 Å². The first-order valence-electron chi connectivity index (χ1n) is 4.72. The van der Waals surface area contributed by atoms with Crippen LogP contribution in [0.4, 0.5) is 0 Å². The molecule has 0 atom stereocenters. The van der Waals surface area contributed by atoms with Crippen LogP contribution < -0.4 is 0 Å². The van der Waals surface area contributed by atoms with Crippen molar-refractivity contribution in [1.29, 1.82) is 0 Å². The largest absolute Gasteiger partial charge is 0.333 e. The third-order valence-electron chi connectivity index (χ3n) is 0.891. The van der Waals surface area contributed by atoms with Gasteiger partial charge in [-0.1, -0.05) is 0 Å². The van der Waals surface area contributed by atoms with E-state index in [1.54, 1.807) is 0 Å². The van der Waals surface area contributed by atoms with Crippen LogP contribution in [-0.2, 0) is 30.4 Å². The van der Waals surface area contributed by atoms with Crippen LogP contribution in [0.2, 0.25) is 0 Å². The second-order valence-corrected chi connectivity index (χ2v) is 4.77. The molecule has 0 spiro atoms. The number of hydrogen-bond donors (Lipinski definition) is 0. The Hall–Kier alpha value is 0.816. The Morgan fingerprint density at radius 3 is 1.00 bits per heavy atom. The molecule has 0 aromatic heterocycles. The zero-order chi connectivity index (χ0) is 10.4. The maximum atomic E-state index is 5.49. The van der Waals surface area contributed by atoms with Crippen LogP contribution in [0.15, 0.2) is 0 Å². The Morgan fingerprint density at radius 2 is 0.857 bits per heavy atom. The summed E-state index contributed by atoms with van der Waals surface area (Å²) >= 11 is 0. The molecule has 0 aromatic rings. The maximum absolute atomic E-state index is 5.49. The van der Waals surface area contributed by atoms with E-state index in [0.29, 0.717) is 0 Å². The first-order chi connectivity index (χ1) is 5.91. The molecule has 3 nitrogen and oxygen atoms in total. The molecule has 0 saturated heterocycles. The molecule has 14 heavy (non-hydrogen) atoms. The van der Waals surface area contributed by atoms with Crippen molar-refractivity contribution >= 4 is 8.60 Å². The van der Waals surface area contributed by atoms with Gasteiger partial charge < -0.3 is 13.6 Å². The second-order valence-electron chi connectivity index (χ2n) is 3.69. The molecule has 0 N–H and O–H groups in total. The van der Waals surface area contributed by atoms with Gasteiger partial charge in [0.1, 0.15) is 0 Å². The van der Waals surface area contributed by atoms with E-state index < -0.39 is 8.60 Å². The Morgan fingerprint density at radius 1 is 0.643 bits per heavy atom. The van der Waals surface area contributed by atoms with Gasteiger partial charge in [-0.2, -0.15) is 0 Å². The van der Waals surface area contributed by atoms with Crippen LogP contribution in [0, 0.1) is 0 Å². The molecular weight excluding hydrogens is 246 g/mol. The molecule has 1 radical (unpaired) electrons. The summed E-state index contributed by atoms with van der Waals surface area (Å²) in [5.74, 6) is 0. The summed E-state index contributed by atoms with van der Waals surface area (Å²) in [7, 11) is -1.18. The van der Waals surface area contributed by atoms with E-state index in [1.807, 2.05) is 41.5 Å². The fourth-order valence-corrected chi connectivity index (χ4v) is 1.77. The van der Waals surface area contributed by atoms with Gasteiger partial charge in [0.25, 0.3) is 0 Å². The zero-order valence-corrected chi connectivity index (χ0v) is 11.7. The Bertz CT molecular complexity index is 107. The van der Waals surface area contributed by atoms with E-state index in [0.717, 1.165) is 0 Å². The molecule has 0 fully saturated rings. The summed E-state index contributed by atoms with van der Waals surface area (Å²) in [5.41, 5.74) is 0. The quantitative estimate of drug-likeness (QED) is 0.689. The van der Waals surface area contributed by atoms with Crippen LogP contribution in [0.1, 0.15) is 41.5 Å². The molecule has 5 heteroatoms. The first kappa shape index (κ1) is 17.2. The molecule has 0 unspecified atom stereocenters. The normalized spacial score (nSPS) is 11.6. The molecule has 0 aromatic carbocycles. The molecule has 0 amide bonds. The van der Waals surface area contributed by atoms with Crippen molar-refractivity contribution in [1.82, 2.24) is 0 Å². The van der Waals surface area contributed by atoms with Crippen molar-refractivity contribution in [2.75, 3.05) is 0 Å². The molecule has 89 valence electrons. The average Bonchev–Trinajstić information content (AvgIpc) is 1.80. The van der Waals surface area contributed by atoms with Crippen LogP contribution in [0.5, 0.6) is 0 Å². The van der Waals surface area contributed by atoms with Gasteiger partial charge in [0.15, 0.2) is 0 Å². The summed E-state index contributed by atoms with van der Waals surface area (Å²) in [6.07, 6.45) is 0.427. The van der Waals surface area contributed by atoms with Crippen molar-refractivity contribution in [3.05, 3.63) is 0 Å². The third kappa shape index (κ3) is 10.9.